The van der Waals surface area contributed by atoms with Crippen molar-refractivity contribution in [1.29, 1.82) is 5.26 Å². The van der Waals surface area contributed by atoms with E-state index in [2.05, 4.69) is 34.6 Å². The lowest BCUT2D eigenvalue weighted by atomic mass is 10.1. The highest BCUT2D eigenvalue weighted by Crippen LogP contribution is 2.25. The highest BCUT2D eigenvalue weighted by atomic mass is 127. The lowest BCUT2D eigenvalue weighted by molar-refractivity contribution is 0.366. The normalized spacial score (nSPS) is 8.86. The molecule has 0 aliphatic heterocycles. The average Bonchev–Trinajstić information content (AvgIpc) is 2.15. The van der Waals surface area contributed by atoms with Gasteiger partial charge in [0.2, 0.25) is 0 Å². The zero-order chi connectivity index (χ0) is 10.6. The summed E-state index contributed by atoms with van der Waals surface area (Å²) in [5, 5.41) is 8.88. The Bertz CT molecular complexity index is 426. The maximum Gasteiger partial charge on any atom is 0.148 e. The highest BCUT2D eigenvalue weighted by molar-refractivity contribution is 14.1. The first-order chi connectivity index (χ1) is 6.69. The summed E-state index contributed by atoms with van der Waals surface area (Å²) in [6, 6.07) is 5.82. The third kappa shape index (κ3) is 2.40. The van der Waals surface area contributed by atoms with Gasteiger partial charge in [0.25, 0.3) is 0 Å². The largest absolute Gasteiger partial charge is 0.479 e. The summed E-state index contributed by atoms with van der Waals surface area (Å²) in [5.74, 6) is 2.96. The van der Waals surface area contributed by atoms with Crippen LogP contribution in [0.1, 0.15) is 11.1 Å². The van der Waals surface area contributed by atoms with Crippen LogP contribution in [0, 0.1) is 34.2 Å². The summed E-state index contributed by atoms with van der Waals surface area (Å²) >= 11 is 2.16. The van der Waals surface area contributed by atoms with Crippen LogP contribution in [-0.4, -0.2) is 6.61 Å². The molecule has 3 heteroatoms. The average molecular weight is 297 g/mol. The molecule has 0 saturated heterocycles. The van der Waals surface area contributed by atoms with Gasteiger partial charge < -0.3 is 4.74 Å². The van der Waals surface area contributed by atoms with Crippen molar-refractivity contribution in [3.63, 3.8) is 0 Å². The van der Waals surface area contributed by atoms with Gasteiger partial charge in [-0.25, -0.2) is 0 Å². The van der Waals surface area contributed by atoms with E-state index in [0.29, 0.717) is 11.3 Å². The summed E-state index contributed by atoms with van der Waals surface area (Å²) in [6.45, 7) is 2.09. The van der Waals surface area contributed by atoms with Crippen molar-refractivity contribution < 1.29 is 4.74 Å². The zero-order valence-electron chi connectivity index (χ0n) is 7.67. The summed E-state index contributed by atoms with van der Waals surface area (Å²) in [5.41, 5.74) is 1.47. The third-order valence-electron chi connectivity index (χ3n) is 1.66. The summed E-state index contributed by atoms with van der Waals surface area (Å²) in [4.78, 5) is 0. The molecule has 0 radical (unpaired) electrons. The molecule has 0 heterocycles. The Morgan fingerprint density at radius 3 is 2.86 bits per heavy atom. The standard InChI is InChI=1S/C11H8INO/c1-3-4-14-11-8(2)5-10(12)6-9(11)7-13/h1,5-6H,4H2,2H3. The molecule has 2 nitrogen and oxygen atoms in total. The van der Waals surface area contributed by atoms with Crippen LogP contribution in [0.4, 0.5) is 0 Å². The van der Waals surface area contributed by atoms with E-state index in [9.17, 15) is 0 Å². The predicted molar refractivity (Wildman–Crippen MR) is 62.9 cm³/mol. The maximum absolute atomic E-state index is 8.88. The van der Waals surface area contributed by atoms with Gasteiger partial charge in [-0.3, -0.25) is 0 Å². The molecule has 14 heavy (non-hydrogen) atoms. The fourth-order valence-corrected chi connectivity index (χ4v) is 1.90. The number of benzene rings is 1. The second-order valence-corrected chi connectivity index (χ2v) is 3.95. The van der Waals surface area contributed by atoms with Gasteiger partial charge in [-0.05, 0) is 47.2 Å². The summed E-state index contributed by atoms with van der Waals surface area (Å²) in [7, 11) is 0. The molecule has 0 atom stereocenters. The van der Waals surface area contributed by atoms with Gasteiger partial charge in [0.1, 0.15) is 18.4 Å². The van der Waals surface area contributed by atoms with Crippen molar-refractivity contribution >= 4 is 22.6 Å². The van der Waals surface area contributed by atoms with E-state index < -0.39 is 0 Å². The van der Waals surface area contributed by atoms with E-state index in [0.717, 1.165) is 9.13 Å². The van der Waals surface area contributed by atoms with Crippen LogP contribution in [-0.2, 0) is 0 Å². The molecule has 0 saturated carbocycles. The molecular formula is C11H8INO. The molecule has 0 fully saturated rings. The Morgan fingerprint density at radius 2 is 2.29 bits per heavy atom. The Kier molecular flexibility index (Phi) is 3.79. The number of ether oxygens (including phenoxy) is 1. The molecular weight excluding hydrogens is 289 g/mol. The number of nitriles is 1. The first-order valence-corrected chi connectivity index (χ1v) is 5.03. The number of terminal acetylenes is 1. The van der Waals surface area contributed by atoms with Crippen molar-refractivity contribution in [2.24, 2.45) is 0 Å². The maximum atomic E-state index is 8.88. The molecule has 0 bridgehead atoms. The van der Waals surface area contributed by atoms with Crippen molar-refractivity contribution in [2.75, 3.05) is 6.61 Å². The molecule has 1 rings (SSSR count). The number of hydrogen-bond acceptors (Lipinski definition) is 2. The van der Waals surface area contributed by atoms with E-state index in [-0.39, 0.29) is 6.61 Å². The monoisotopic (exact) mass is 297 g/mol. The van der Waals surface area contributed by atoms with Gasteiger partial charge in [-0.15, -0.1) is 6.42 Å². The first kappa shape index (κ1) is 10.9. The van der Waals surface area contributed by atoms with E-state index in [4.69, 9.17) is 16.4 Å². The van der Waals surface area contributed by atoms with Crippen LogP contribution >= 0.6 is 22.6 Å². The fraction of sp³-hybridized carbons (Fsp3) is 0.182. The molecule has 0 amide bonds. The van der Waals surface area contributed by atoms with Crippen molar-refractivity contribution in [3.8, 4) is 24.2 Å². The summed E-state index contributed by atoms with van der Waals surface area (Å²) < 4.78 is 6.32. The van der Waals surface area contributed by atoms with Crippen molar-refractivity contribution in [1.82, 2.24) is 0 Å². The third-order valence-corrected chi connectivity index (χ3v) is 2.28. The summed E-state index contributed by atoms with van der Waals surface area (Å²) in [6.07, 6.45) is 5.09. The Morgan fingerprint density at radius 1 is 1.57 bits per heavy atom. The van der Waals surface area contributed by atoms with Crippen LogP contribution in [0.2, 0.25) is 0 Å². The number of nitrogens with zero attached hydrogens (tertiary/aromatic N) is 1. The number of aryl methyl sites for hydroxylation is 1. The van der Waals surface area contributed by atoms with E-state index in [1.54, 1.807) is 6.07 Å². The number of rotatable bonds is 2. The van der Waals surface area contributed by atoms with E-state index in [1.165, 1.54) is 0 Å². The highest BCUT2D eigenvalue weighted by Gasteiger charge is 2.07. The molecule has 0 unspecified atom stereocenters. The minimum Gasteiger partial charge on any atom is -0.479 e. The van der Waals surface area contributed by atoms with Crippen molar-refractivity contribution in [2.45, 2.75) is 6.92 Å². The van der Waals surface area contributed by atoms with Crippen LogP contribution in [0.15, 0.2) is 12.1 Å². The molecule has 0 aliphatic rings. The minimum atomic E-state index is 0.191. The fourth-order valence-electron chi connectivity index (χ4n) is 1.12. The quantitative estimate of drug-likeness (QED) is 0.620. The second-order valence-electron chi connectivity index (χ2n) is 2.70. The topological polar surface area (TPSA) is 33.0 Å². The smallest absolute Gasteiger partial charge is 0.148 e. The molecule has 70 valence electrons. The Balaban J connectivity index is 3.15. The van der Waals surface area contributed by atoms with Crippen LogP contribution in [0.3, 0.4) is 0 Å². The Labute approximate surface area is 97.0 Å². The lowest BCUT2D eigenvalue weighted by Crippen LogP contribution is -1.99. The van der Waals surface area contributed by atoms with E-state index in [1.807, 2.05) is 13.0 Å². The predicted octanol–water partition coefficient (Wildman–Crippen LogP) is 2.48. The minimum absolute atomic E-state index is 0.191. The number of halogens is 1. The van der Waals surface area contributed by atoms with Gasteiger partial charge in [-0.2, -0.15) is 5.26 Å². The van der Waals surface area contributed by atoms with Gasteiger partial charge in [0.05, 0.1) is 5.56 Å². The molecule has 1 aromatic rings. The number of hydrogen-bond donors (Lipinski definition) is 0. The molecule has 0 aromatic heterocycles. The van der Waals surface area contributed by atoms with Gasteiger partial charge >= 0.3 is 0 Å². The second kappa shape index (κ2) is 4.88. The van der Waals surface area contributed by atoms with E-state index >= 15 is 0 Å². The SMILES string of the molecule is C#CCOc1c(C)cc(I)cc1C#N. The van der Waals surface area contributed by atoms with Crippen LogP contribution in [0.5, 0.6) is 5.75 Å². The van der Waals surface area contributed by atoms with Crippen LogP contribution < -0.4 is 4.74 Å². The van der Waals surface area contributed by atoms with Gasteiger partial charge in [0, 0.05) is 3.57 Å². The molecule has 0 spiro atoms. The zero-order valence-corrected chi connectivity index (χ0v) is 9.83. The lowest BCUT2D eigenvalue weighted by Gasteiger charge is -2.08. The van der Waals surface area contributed by atoms with Crippen LogP contribution in [0.25, 0.3) is 0 Å². The molecule has 1 aromatic carbocycles. The first-order valence-electron chi connectivity index (χ1n) is 3.95. The van der Waals surface area contributed by atoms with Gasteiger partial charge in [-0.1, -0.05) is 5.92 Å². The molecule has 0 aliphatic carbocycles. The van der Waals surface area contributed by atoms with Crippen molar-refractivity contribution in [3.05, 3.63) is 26.8 Å². The molecule has 0 N–H and O–H groups in total. The Hall–Kier alpha value is -1.20. The van der Waals surface area contributed by atoms with Gasteiger partial charge in [0.15, 0.2) is 0 Å².